The lowest BCUT2D eigenvalue weighted by atomic mass is 9.93. The fraction of sp³-hybridized carbons (Fsp3) is 0.714. The second kappa shape index (κ2) is 4.96. The molecular formula is C14H22N2O3. The number of carbonyl (C=O) groups is 1. The molecule has 0 spiro atoms. The van der Waals surface area contributed by atoms with Crippen LogP contribution in [0, 0.1) is 5.92 Å². The van der Waals surface area contributed by atoms with Gasteiger partial charge in [-0.2, -0.15) is 0 Å². The van der Waals surface area contributed by atoms with Crippen LogP contribution in [0.2, 0.25) is 0 Å². The van der Waals surface area contributed by atoms with E-state index in [-0.39, 0.29) is 11.3 Å². The van der Waals surface area contributed by atoms with Crippen LogP contribution in [0.1, 0.15) is 49.9 Å². The highest BCUT2D eigenvalue weighted by Gasteiger charge is 2.32. The van der Waals surface area contributed by atoms with Crippen LogP contribution in [0.5, 0.6) is 0 Å². The Hall–Kier alpha value is -1.36. The van der Waals surface area contributed by atoms with Gasteiger partial charge < -0.3 is 14.5 Å². The van der Waals surface area contributed by atoms with Crippen LogP contribution in [0.25, 0.3) is 0 Å². The van der Waals surface area contributed by atoms with Gasteiger partial charge in [-0.3, -0.25) is 4.79 Å². The molecule has 5 heteroatoms. The van der Waals surface area contributed by atoms with Gasteiger partial charge in [-0.25, -0.2) is 0 Å². The van der Waals surface area contributed by atoms with E-state index in [9.17, 15) is 9.90 Å². The average Bonchev–Trinajstić information content (AvgIpc) is 3.03. The van der Waals surface area contributed by atoms with Gasteiger partial charge >= 0.3 is 0 Å². The maximum Gasteiger partial charge on any atom is 0.275 e. The molecule has 1 aliphatic carbocycles. The molecule has 0 bridgehead atoms. The van der Waals surface area contributed by atoms with E-state index in [1.54, 1.807) is 13.1 Å². The van der Waals surface area contributed by atoms with Crippen LogP contribution < -0.4 is 0 Å². The Morgan fingerprint density at radius 2 is 2.21 bits per heavy atom. The quantitative estimate of drug-likeness (QED) is 0.902. The van der Waals surface area contributed by atoms with E-state index in [4.69, 9.17) is 4.52 Å². The van der Waals surface area contributed by atoms with Crippen molar-refractivity contribution < 1.29 is 14.4 Å². The Kier molecular flexibility index (Phi) is 3.67. The number of aliphatic hydroxyl groups is 1. The van der Waals surface area contributed by atoms with Crippen LogP contribution >= 0.6 is 0 Å². The Morgan fingerprint density at radius 3 is 2.68 bits per heavy atom. The van der Waals surface area contributed by atoms with Crippen LogP contribution in [0.15, 0.2) is 10.6 Å². The molecular weight excluding hydrogens is 244 g/mol. The van der Waals surface area contributed by atoms with Crippen molar-refractivity contribution in [3.63, 3.8) is 0 Å². The lowest BCUT2D eigenvalue weighted by Crippen LogP contribution is -2.35. The van der Waals surface area contributed by atoms with Gasteiger partial charge in [0.1, 0.15) is 5.76 Å². The van der Waals surface area contributed by atoms with Gasteiger partial charge in [-0.05, 0) is 18.8 Å². The number of rotatable bonds is 4. The number of nitrogens with zero attached hydrogens (tertiary/aromatic N) is 2. The molecule has 1 saturated carbocycles. The lowest BCUT2D eigenvalue weighted by molar-refractivity contribution is 0.0636. The van der Waals surface area contributed by atoms with Crippen molar-refractivity contribution in [1.29, 1.82) is 0 Å². The number of hydrogen-bond donors (Lipinski definition) is 1. The van der Waals surface area contributed by atoms with Gasteiger partial charge in [0.05, 0.1) is 6.10 Å². The number of aliphatic hydroxyl groups excluding tert-OH is 1. The lowest BCUT2D eigenvalue weighted by Gasteiger charge is -2.19. The zero-order chi connectivity index (χ0) is 14.2. The molecule has 1 heterocycles. The first-order valence-electron chi connectivity index (χ1n) is 6.70. The standard InChI is InChI=1S/C14H22N2O3/c1-14(2,3)12-7-10(15-19-12)13(18)16(4)8-11(17)9-5-6-9/h7,9,11,17H,5-6,8H2,1-4H3. The van der Waals surface area contributed by atoms with Crippen molar-refractivity contribution in [3.8, 4) is 0 Å². The maximum atomic E-state index is 12.2. The minimum Gasteiger partial charge on any atom is -0.391 e. The van der Waals surface area contributed by atoms with E-state index in [0.29, 0.717) is 23.9 Å². The Balaban J connectivity index is 2.00. The second-order valence-electron chi connectivity index (χ2n) is 6.42. The molecule has 0 radical (unpaired) electrons. The third kappa shape index (κ3) is 3.35. The topological polar surface area (TPSA) is 66.6 Å². The van der Waals surface area contributed by atoms with Gasteiger partial charge in [0.25, 0.3) is 5.91 Å². The van der Waals surface area contributed by atoms with Crippen molar-refractivity contribution >= 4 is 5.91 Å². The van der Waals surface area contributed by atoms with Gasteiger partial charge in [0.15, 0.2) is 5.69 Å². The Labute approximate surface area is 113 Å². The fourth-order valence-electron chi connectivity index (χ4n) is 1.92. The molecule has 0 aliphatic heterocycles. The predicted molar refractivity (Wildman–Crippen MR) is 70.9 cm³/mol. The summed E-state index contributed by atoms with van der Waals surface area (Å²) < 4.78 is 5.21. The van der Waals surface area contributed by atoms with E-state index >= 15 is 0 Å². The summed E-state index contributed by atoms with van der Waals surface area (Å²) in [6.07, 6.45) is 1.69. The molecule has 1 N–H and O–H groups in total. The molecule has 1 unspecified atom stereocenters. The summed E-state index contributed by atoms with van der Waals surface area (Å²) in [4.78, 5) is 13.7. The van der Waals surface area contributed by atoms with E-state index in [1.807, 2.05) is 20.8 Å². The summed E-state index contributed by atoms with van der Waals surface area (Å²) in [5, 5.41) is 13.7. The average molecular weight is 266 g/mol. The van der Waals surface area contributed by atoms with Gasteiger partial charge in [-0.15, -0.1) is 0 Å². The van der Waals surface area contributed by atoms with Crippen molar-refractivity contribution in [2.45, 2.75) is 45.1 Å². The first-order chi connectivity index (χ1) is 8.79. The molecule has 2 rings (SSSR count). The SMILES string of the molecule is CN(CC(O)C1CC1)C(=O)c1cc(C(C)(C)C)on1. The normalized spacial score (nSPS) is 17.3. The fourth-order valence-corrected chi connectivity index (χ4v) is 1.92. The van der Waals surface area contributed by atoms with E-state index in [2.05, 4.69) is 5.16 Å². The minimum atomic E-state index is -0.428. The number of aromatic nitrogens is 1. The predicted octanol–water partition coefficient (Wildman–Crippen LogP) is 1.81. The Bertz CT molecular complexity index is 458. The zero-order valence-corrected chi connectivity index (χ0v) is 12.0. The summed E-state index contributed by atoms with van der Waals surface area (Å²) in [5.41, 5.74) is 0.132. The highest BCUT2D eigenvalue weighted by Crippen LogP contribution is 2.32. The molecule has 1 aromatic rings. The first-order valence-corrected chi connectivity index (χ1v) is 6.70. The third-order valence-electron chi connectivity index (χ3n) is 3.44. The van der Waals surface area contributed by atoms with Crippen LogP contribution in [0.4, 0.5) is 0 Å². The molecule has 1 aliphatic rings. The van der Waals surface area contributed by atoms with Crippen molar-refractivity contribution in [3.05, 3.63) is 17.5 Å². The van der Waals surface area contributed by atoms with Crippen LogP contribution in [-0.2, 0) is 5.41 Å². The highest BCUT2D eigenvalue weighted by atomic mass is 16.5. The minimum absolute atomic E-state index is 0.169. The van der Waals surface area contributed by atoms with Crippen molar-refractivity contribution in [2.75, 3.05) is 13.6 Å². The summed E-state index contributed by atoms with van der Waals surface area (Å²) in [6.45, 7) is 6.36. The van der Waals surface area contributed by atoms with E-state index in [1.165, 1.54) is 4.90 Å². The van der Waals surface area contributed by atoms with Gasteiger partial charge in [0, 0.05) is 25.1 Å². The van der Waals surface area contributed by atoms with E-state index in [0.717, 1.165) is 12.8 Å². The monoisotopic (exact) mass is 266 g/mol. The molecule has 0 saturated heterocycles. The smallest absolute Gasteiger partial charge is 0.275 e. The van der Waals surface area contributed by atoms with Crippen molar-refractivity contribution in [1.82, 2.24) is 10.1 Å². The number of hydrogen-bond acceptors (Lipinski definition) is 4. The number of carbonyl (C=O) groups excluding carboxylic acids is 1. The largest absolute Gasteiger partial charge is 0.391 e. The molecule has 1 atom stereocenters. The zero-order valence-electron chi connectivity index (χ0n) is 12.0. The van der Waals surface area contributed by atoms with Crippen molar-refractivity contribution in [2.24, 2.45) is 5.92 Å². The number of amides is 1. The molecule has 19 heavy (non-hydrogen) atoms. The molecule has 1 fully saturated rings. The summed E-state index contributed by atoms with van der Waals surface area (Å²) in [6, 6.07) is 1.68. The third-order valence-corrected chi connectivity index (χ3v) is 3.44. The molecule has 0 aromatic carbocycles. The molecule has 1 aromatic heterocycles. The summed E-state index contributed by atoms with van der Waals surface area (Å²) in [5.74, 6) is 0.837. The first kappa shape index (κ1) is 14.1. The Morgan fingerprint density at radius 1 is 1.58 bits per heavy atom. The highest BCUT2D eigenvalue weighted by molar-refractivity contribution is 5.92. The van der Waals surface area contributed by atoms with E-state index < -0.39 is 6.10 Å². The van der Waals surface area contributed by atoms with Crippen LogP contribution in [0.3, 0.4) is 0 Å². The molecule has 106 valence electrons. The van der Waals surface area contributed by atoms with Gasteiger partial charge in [0.2, 0.25) is 0 Å². The number of likely N-dealkylation sites (N-methyl/N-ethyl adjacent to an activating group) is 1. The second-order valence-corrected chi connectivity index (χ2v) is 6.42. The van der Waals surface area contributed by atoms with Crippen LogP contribution in [-0.4, -0.2) is 40.8 Å². The summed E-state index contributed by atoms with van der Waals surface area (Å²) in [7, 11) is 1.68. The maximum absolute atomic E-state index is 12.2. The van der Waals surface area contributed by atoms with Gasteiger partial charge in [-0.1, -0.05) is 25.9 Å². The molecule has 1 amide bonds. The molecule has 5 nitrogen and oxygen atoms in total. The summed E-state index contributed by atoms with van der Waals surface area (Å²) >= 11 is 0.